The number of hydrogen-bond donors (Lipinski definition) is 0. The quantitative estimate of drug-likeness (QED) is 0.565. The van der Waals surface area contributed by atoms with Crippen molar-refractivity contribution in [3.63, 3.8) is 0 Å². The van der Waals surface area contributed by atoms with Gasteiger partial charge in [-0.1, -0.05) is 5.16 Å². The maximum atomic E-state index is 12.2. The van der Waals surface area contributed by atoms with Gasteiger partial charge in [-0.15, -0.1) is 0 Å². The van der Waals surface area contributed by atoms with Gasteiger partial charge in [-0.25, -0.2) is 4.39 Å². The summed E-state index contributed by atoms with van der Waals surface area (Å²) < 4.78 is 17.4. The average molecular weight is 159 g/mol. The van der Waals surface area contributed by atoms with Gasteiger partial charge in [0.15, 0.2) is 6.10 Å². The first-order chi connectivity index (χ1) is 5.42. The fraction of sp³-hybridized carbons (Fsp3) is 0.857. The summed E-state index contributed by atoms with van der Waals surface area (Å²) >= 11 is 0. The molecule has 0 aromatic carbocycles. The maximum Gasteiger partial charge on any atom is 0.164 e. The monoisotopic (exact) mass is 159 g/mol. The standard InChI is InChI=1S/C7H10FNO2/c8-3-7-5-1-2-10-4-6(5)9-11-7/h5,7H,1-4H2. The minimum absolute atomic E-state index is 0.175. The third-order valence-electron chi connectivity index (χ3n) is 2.16. The van der Waals surface area contributed by atoms with Gasteiger partial charge in [0.05, 0.1) is 12.3 Å². The first-order valence-electron chi connectivity index (χ1n) is 3.78. The first kappa shape index (κ1) is 7.03. The van der Waals surface area contributed by atoms with Crippen molar-refractivity contribution >= 4 is 5.71 Å². The second-order valence-electron chi connectivity index (χ2n) is 2.83. The minimum atomic E-state index is -0.447. The summed E-state index contributed by atoms with van der Waals surface area (Å²) in [6.45, 7) is 0.766. The summed E-state index contributed by atoms with van der Waals surface area (Å²) in [5.74, 6) is 0.175. The molecule has 2 rings (SSSR count). The second kappa shape index (κ2) is 2.77. The van der Waals surface area contributed by atoms with E-state index in [1.54, 1.807) is 0 Å². The number of halogens is 1. The maximum absolute atomic E-state index is 12.2. The lowest BCUT2D eigenvalue weighted by Crippen LogP contribution is -2.32. The number of ether oxygens (including phenoxy) is 1. The van der Waals surface area contributed by atoms with E-state index in [9.17, 15) is 4.39 Å². The molecular formula is C7H10FNO2. The van der Waals surface area contributed by atoms with E-state index in [4.69, 9.17) is 9.57 Å². The van der Waals surface area contributed by atoms with Crippen LogP contribution >= 0.6 is 0 Å². The summed E-state index contributed by atoms with van der Waals surface area (Å²) in [5.41, 5.74) is 0.874. The highest BCUT2D eigenvalue weighted by atomic mass is 19.1. The van der Waals surface area contributed by atoms with E-state index < -0.39 is 6.67 Å². The molecule has 2 atom stereocenters. The van der Waals surface area contributed by atoms with Crippen LogP contribution in [0.2, 0.25) is 0 Å². The van der Waals surface area contributed by atoms with E-state index in [1.807, 2.05) is 0 Å². The lowest BCUT2D eigenvalue weighted by molar-refractivity contribution is 0.0318. The molecule has 2 aliphatic heterocycles. The van der Waals surface area contributed by atoms with E-state index in [0.29, 0.717) is 13.2 Å². The fourth-order valence-corrected chi connectivity index (χ4v) is 1.50. The van der Waals surface area contributed by atoms with E-state index in [2.05, 4.69) is 5.16 Å². The molecule has 0 bridgehead atoms. The zero-order chi connectivity index (χ0) is 7.68. The molecule has 0 amide bonds. The molecule has 0 radical (unpaired) electrons. The lowest BCUT2D eigenvalue weighted by Gasteiger charge is -2.20. The van der Waals surface area contributed by atoms with Crippen molar-refractivity contribution in [1.29, 1.82) is 0 Å². The van der Waals surface area contributed by atoms with Crippen molar-refractivity contribution in [3.8, 4) is 0 Å². The Bertz CT molecular complexity index is 183. The molecule has 0 N–H and O–H groups in total. The summed E-state index contributed by atoms with van der Waals surface area (Å²) in [4.78, 5) is 4.88. The van der Waals surface area contributed by atoms with Crippen molar-refractivity contribution in [1.82, 2.24) is 0 Å². The van der Waals surface area contributed by atoms with E-state index in [1.165, 1.54) is 0 Å². The Hall–Kier alpha value is -0.640. The molecule has 2 heterocycles. The van der Waals surface area contributed by atoms with Crippen molar-refractivity contribution in [3.05, 3.63) is 0 Å². The summed E-state index contributed by atoms with van der Waals surface area (Å²) in [6, 6.07) is 0. The van der Waals surface area contributed by atoms with Crippen molar-refractivity contribution in [2.75, 3.05) is 19.9 Å². The average Bonchev–Trinajstić information content (AvgIpc) is 2.47. The van der Waals surface area contributed by atoms with Crippen LogP contribution < -0.4 is 0 Å². The lowest BCUT2D eigenvalue weighted by atomic mass is 9.94. The third-order valence-corrected chi connectivity index (χ3v) is 2.16. The summed E-state index contributed by atoms with van der Waals surface area (Å²) in [7, 11) is 0. The van der Waals surface area contributed by atoms with E-state index in [0.717, 1.165) is 12.1 Å². The number of oxime groups is 1. The van der Waals surface area contributed by atoms with E-state index >= 15 is 0 Å². The van der Waals surface area contributed by atoms with Crippen LogP contribution in [0.15, 0.2) is 5.16 Å². The van der Waals surface area contributed by atoms with Crippen LogP contribution in [0.4, 0.5) is 4.39 Å². The molecule has 0 saturated carbocycles. The van der Waals surface area contributed by atoms with E-state index in [-0.39, 0.29) is 12.0 Å². The van der Waals surface area contributed by atoms with Gasteiger partial charge < -0.3 is 9.57 Å². The van der Waals surface area contributed by atoms with Gasteiger partial charge in [0.1, 0.15) is 6.67 Å². The molecule has 2 aliphatic rings. The molecule has 3 nitrogen and oxygen atoms in total. The molecular weight excluding hydrogens is 149 g/mol. The zero-order valence-corrected chi connectivity index (χ0v) is 6.12. The van der Waals surface area contributed by atoms with Gasteiger partial charge in [-0.3, -0.25) is 0 Å². The molecule has 4 heteroatoms. The molecule has 0 aliphatic carbocycles. The van der Waals surface area contributed by atoms with Crippen molar-refractivity contribution in [2.24, 2.45) is 11.1 Å². The molecule has 0 aromatic rings. The number of nitrogens with zero attached hydrogens (tertiary/aromatic N) is 1. The summed E-state index contributed by atoms with van der Waals surface area (Å²) in [5, 5.41) is 3.76. The smallest absolute Gasteiger partial charge is 0.164 e. The van der Waals surface area contributed by atoms with Crippen LogP contribution in [-0.2, 0) is 9.57 Å². The predicted octanol–water partition coefficient (Wildman–Crippen LogP) is 0.747. The third kappa shape index (κ3) is 1.11. The highest BCUT2D eigenvalue weighted by Gasteiger charge is 2.35. The first-order valence-corrected chi connectivity index (χ1v) is 3.78. The molecule has 1 fully saturated rings. The predicted molar refractivity (Wildman–Crippen MR) is 37.2 cm³/mol. The Morgan fingerprint density at radius 2 is 2.55 bits per heavy atom. The van der Waals surface area contributed by atoms with Crippen LogP contribution in [0.3, 0.4) is 0 Å². The molecule has 11 heavy (non-hydrogen) atoms. The van der Waals surface area contributed by atoms with Gasteiger partial charge >= 0.3 is 0 Å². The Morgan fingerprint density at radius 3 is 3.36 bits per heavy atom. The fourth-order valence-electron chi connectivity index (χ4n) is 1.50. The molecule has 0 aromatic heterocycles. The van der Waals surface area contributed by atoms with Gasteiger partial charge in [-0.2, -0.15) is 0 Å². The van der Waals surface area contributed by atoms with Crippen LogP contribution in [0.5, 0.6) is 0 Å². The van der Waals surface area contributed by atoms with Crippen molar-refractivity contribution < 1.29 is 14.0 Å². The van der Waals surface area contributed by atoms with Gasteiger partial charge in [0.25, 0.3) is 0 Å². The van der Waals surface area contributed by atoms with Gasteiger partial charge in [0.2, 0.25) is 0 Å². The molecule has 1 saturated heterocycles. The highest BCUT2D eigenvalue weighted by molar-refractivity contribution is 5.89. The number of rotatable bonds is 1. The highest BCUT2D eigenvalue weighted by Crippen LogP contribution is 2.25. The number of alkyl halides is 1. The normalized spacial score (nSPS) is 35.9. The summed E-state index contributed by atoms with van der Waals surface area (Å²) in [6.07, 6.45) is 0.502. The number of fused-ring (bicyclic) bond motifs is 1. The Labute approximate surface area is 64.2 Å². The van der Waals surface area contributed by atoms with Crippen LogP contribution in [0, 0.1) is 5.92 Å². The topological polar surface area (TPSA) is 30.8 Å². The second-order valence-corrected chi connectivity index (χ2v) is 2.83. The Kier molecular flexibility index (Phi) is 1.77. The van der Waals surface area contributed by atoms with Crippen LogP contribution in [0.1, 0.15) is 6.42 Å². The molecule has 62 valence electrons. The van der Waals surface area contributed by atoms with Crippen LogP contribution in [0.25, 0.3) is 0 Å². The van der Waals surface area contributed by atoms with Crippen molar-refractivity contribution in [2.45, 2.75) is 12.5 Å². The van der Waals surface area contributed by atoms with Gasteiger partial charge in [0, 0.05) is 12.5 Å². The Balaban J connectivity index is 2.05. The minimum Gasteiger partial charge on any atom is -0.389 e. The van der Waals surface area contributed by atoms with Gasteiger partial charge in [-0.05, 0) is 6.42 Å². The zero-order valence-electron chi connectivity index (χ0n) is 6.12. The number of hydrogen-bond acceptors (Lipinski definition) is 3. The molecule has 2 unspecified atom stereocenters. The SMILES string of the molecule is FCC1ON=C2COCCC21. The molecule has 0 spiro atoms. The van der Waals surface area contributed by atoms with Crippen LogP contribution in [-0.4, -0.2) is 31.7 Å². The largest absolute Gasteiger partial charge is 0.389 e. The Morgan fingerprint density at radius 1 is 1.64 bits per heavy atom.